The number of aromatic hydroxyl groups is 1. The van der Waals surface area contributed by atoms with E-state index in [4.69, 9.17) is 12.2 Å². The molecule has 1 aromatic rings. The van der Waals surface area contributed by atoms with E-state index in [9.17, 15) is 9.90 Å². The van der Waals surface area contributed by atoms with Crippen LogP contribution in [0.4, 0.5) is 5.69 Å². The first kappa shape index (κ1) is 9.93. The fourth-order valence-corrected chi connectivity index (χ4v) is 0.861. The highest BCUT2D eigenvalue weighted by atomic mass is 16.5. The Morgan fingerprint density at radius 3 is 2.93 bits per heavy atom. The molecule has 0 saturated heterocycles. The molecule has 0 aromatic heterocycles. The Kier molecular flexibility index (Phi) is 2.97. The fraction of sp³-hybridized carbons (Fsp3) is 0.100. The Morgan fingerprint density at radius 2 is 2.36 bits per heavy atom. The third-order valence-corrected chi connectivity index (χ3v) is 1.55. The van der Waals surface area contributed by atoms with Crippen LogP contribution >= 0.6 is 0 Å². The molecule has 1 aromatic carbocycles. The van der Waals surface area contributed by atoms with Crippen molar-refractivity contribution in [2.24, 2.45) is 0 Å². The van der Waals surface area contributed by atoms with Crippen molar-refractivity contribution in [3.05, 3.63) is 23.8 Å². The summed E-state index contributed by atoms with van der Waals surface area (Å²) in [7, 11) is 0. The van der Waals surface area contributed by atoms with Crippen LogP contribution in [0, 0.1) is 12.3 Å². The molecule has 14 heavy (non-hydrogen) atoms. The lowest BCUT2D eigenvalue weighted by molar-refractivity contribution is 0.0556. The molecule has 0 fully saturated rings. The maximum absolute atomic E-state index is 11.2. The molecule has 3 N–H and O–H groups in total. The summed E-state index contributed by atoms with van der Waals surface area (Å²) >= 11 is 0. The van der Waals surface area contributed by atoms with Crippen LogP contribution in [0.5, 0.6) is 5.75 Å². The third-order valence-electron chi connectivity index (χ3n) is 1.55. The molecule has 4 nitrogen and oxygen atoms in total. The SMILES string of the molecule is C#CCOC(=O)c1ccc(N)c(O)c1. The molecule has 0 atom stereocenters. The number of terminal acetylenes is 1. The summed E-state index contributed by atoms with van der Waals surface area (Å²) in [6.45, 7) is -0.0933. The summed E-state index contributed by atoms with van der Waals surface area (Å²) in [4.78, 5) is 11.2. The molecule has 72 valence electrons. The predicted octanol–water partition coefficient (Wildman–Crippen LogP) is 0.764. The number of phenols is 1. The van der Waals surface area contributed by atoms with Gasteiger partial charge in [0.25, 0.3) is 0 Å². The number of carbonyl (C=O) groups excluding carboxylic acids is 1. The van der Waals surface area contributed by atoms with Crippen molar-refractivity contribution in [2.45, 2.75) is 0 Å². The van der Waals surface area contributed by atoms with Crippen molar-refractivity contribution >= 4 is 11.7 Å². The van der Waals surface area contributed by atoms with Crippen molar-refractivity contribution in [3.8, 4) is 18.1 Å². The second-order valence-corrected chi connectivity index (χ2v) is 2.55. The average Bonchev–Trinajstić information content (AvgIpc) is 2.18. The van der Waals surface area contributed by atoms with Crippen molar-refractivity contribution in [3.63, 3.8) is 0 Å². The Morgan fingerprint density at radius 1 is 1.64 bits per heavy atom. The number of anilines is 1. The van der Waals surface area contributed by atoms with E-state index in [1.807, 2.05) is 0 Å². The number of phenolic OH excluding ortho intramolecular Hbond substituents is 1. The summed E-state index contributed by atoms with van der Waals surface area (Å²) in [5, 5.41) is 9.20. The Bertz CT molecular complexity index is 393. The van der Waals surface area contributed by atoms with Crippen LogP contribution in [-0.4, -0.2) is 17.7 Å². The molecule has 0 aliphatic carbocycles. The van der Waals surface area contributed by atoms with Gasteiger partial charge in [-0.15, -0.1) is 6.42 Å². The lowest BCUT2D eigenvalue weighted by Crippen LogP contribution is -2.05. The van der Waals surface area contributed by atoms with E-state index >= 15 is 0 Å². The van der Waals surface area contributed by atoms with Gasteiger partial charge in [-0.1, -0.05) is 5.92 Å². The van der Waals surface area contributed by atoms with E-state index in [0.29, 0.717) is 0 Å². The molecular formula is C10H9NO3. The molecule has 0 aliphatic rings. The number of nitrogen functional groups attached to an aromatic ring is 1. The average molecular weight is 191 g/mol. The molecule has 0 heterocycles. The predicted molar refractivity (Wildman–Crippen MR) is 51.6 cm³/mol. The summed E-state index contributed by atoms with van der Waals surface area (Å²) in [6.07, 6.45) is 4.91. The van der Waals surface area contributed by atoms with Gasteiger partial charge in [0.05, 0.1) is 11.3 Å². The van der Waals surface area contributed by atoms with Crippen LogP contribution in [0.1, 0.15) is 10.4 Å². The second-order valence-electron chi connectivity index (χ2n) is 2.55. The van der Waals surface area contributed by atoms with Gasteiger partial charge >= 0.3 is 5.97 Å². The second kappa shape index (κ2) is 4.19. The van der Waals surface area contributed by atoms with Gasteiger partial charge in [0.15, 0.2) is 6.61 Å². The van der Waals surface area contributed by atoms with Crippen LogP contribution in [0.3, 0.4) is 0 Å². The maximum Gasteiger partial charge on any atom is 0.339 e. The van der Waals surface area contributed by atoms with Crippen molar-refractivity contribution < 1.29 is 14.6 Å². The first-order valence-corrected chi connectivity index (χ1v) is 3.84. The number of hydrogen-bond donors (Lipinski definition) is 2. The highest BCUT2D eigenvalue weighted by Gasteiger charge is 2.08. The third kappa shape index (κ3) is 2.17. The molecule has 0 radical (unpaired) electrons. The summed E-state index contributed by atoms with van der Waals surface area (Å²) < 4.78 is 4.65. The van der Waals surface area contributed by atoms with Gasteiger partial charge in [-0.25, -0.2) is 4.79 Å². The number of ether oxygens (including phenoxy) is 1. The van der Waals surface area contributed by atoms with Crippen LogP contribution in [0.15, 0.2) is 18.2 Å². The van der Waals surface area contributed by atoms with Crippen molar-refractivity contribution in [1.82, 2.24) is 0 Å². The minimum Gasteiger partial charge on any atom is -0.506 e. The zero-order valence-corrected chi connectivity index (χ0v) is 7.36. The lowest BCUT2D eigenvalue weighted by atomic mass is 10.2. The van der Waals surface area contributed by atoms with Gasteiger partial charge < -0.3 is 15.6 Å². The largest absolute Gasteiger partial charge is 0.506 e. The zero-order chi connectivity index (χ0) is 10.6. The lowest BCUT2D eigenvalue weighted by Gasteiger charge is -2.02. The smallest absolute Gasteiger partial charge is 0.339 e. The van der Waals surface area contributed by atoms with Crippen molar-refractivity contribution in [1.29, 1.82) is 0 Å². The van der Waals surface area contributed by atoms with Crippen molar-refractivity contribution in [2.75, 3.05) is 12.3 Å². The quantitative estimate of drug-likeness (QED) is 0.313. The first-order valence-electron chi connectivity index (χ1n) is 3.84. The number of benzene rings is 1. The molecule has 1 rings (SSSR count). The normalized spacial score (nSPS) is 9.07. The van der Waals surface area contributed by atoms with E-state index in [1.54, 1.807) is 0 Å². The number of rotatable bonds is 2. The van der Waals surface area contributed by atoms with Gasteiger partial charge in [0.1, 0.15) is 5.75 Å². The van der Waals surface area contributed by atoms with Gasteiger partial charge in [-0.05, 0) is 18.2 Å². The van der Waals surface area contributed by atoms with Gasteiger partial charge in [-0.3, -0.25) is 0 Å². The van der Waals surface area contributed by atoms with E-state index < -0.39 is 5.97 Å². The van der Waals surface area contributed by atoms with Crippen LogP contribution < -0.4 is 5.73 Å². The molecule has 0 amide bonds. The summed E-state index contributed by atoms with van der Waals surface area (Å²) in [5.41, 5.74) is 5.78. The molecule has 4 heteroatoms. The van der Waals surface area contributed by atoms with Crippen LogP contribution in [-0.2, 0) is 4.74 Å². The standard InChI is InChI=1S/C10H9NO3/c1-2-5-14-10(13)7-3-4-8(11)9(12)6-7/h1,3-4,6,12H,5,11H2. The highest BCUT2D eigenvalue weighted by Crippen LogP contribution is 2.20. The minimum absolute atomic E-state index is 0.0933. The minimum atomic E-state index is -0.585. The number of esters is 1. The first-order chi connectivity index (χ1) is 6.65. The van der Waals surface area contributed by atoms with Crippen LogP contribution in [0.2, 0.25) is 0 Å². The maximum atomic E-state index is 11.2. The fourth-order valence-electron chi connectivity index (χ4n) is 0.861. The van der Waals surface area contributed by atoms with E-state index in [-0.39, 0.29) is 23.6 Å². The number of nitrogens with two attached hydrogens (primary N) is 1. The Balaban J connectivity index is 2.82. The number of carbonyl (C=O) groups is 1. The molecular weight excluding hydrogens is 182 g/mol. The zero-order valence-electron chi connectivity index (χ0n) is 7.36. The molecule has 0 aliphatic heterocycles. The Labute approximate surface area is 81.3 Å². The molecule has 0 saturated carbocycles. The van der Waals surface area contributed by atoms with E-state index in [0.717, 1.165) is 0 Å². The summed E-state index contributed by atoms with van der Waals surface area (Å²) in [5.74, 6) is 1.43. The summed E-state index contributed by atoms with van der Waals surface area (Å²) in [6, 6.07) is 4.10. The topological polar surface area (TPSA) is 72.5 Å². The van der Waals surface area contributed by atoms with Gasteiger partial charge in [-0.2, -0.15) is 0 Å². The Hall–Kier alpha value is -2.15. The van der Waals surface area contributed by atoms with Gasteiger partial charge in [0, 0.05) is 0 Å². The van der Waals surface area contributed by atoms with Gasteiger partial charge in [0.2, 0.25) is 0 Å². The molecule has 0 spiro atoms. The number of hydrogen-bond acceptors (Lipinski definition) is 4. The molecule has 0 bridgehead atoms. The monoisotopic (exact) mass is 191 g/mol. The van der Waals surface area contributed by atoms with Crippen LogP contribution in [0.25, 0.3) is 0 Å². The highest BCUT2D eigenvalue weighted by molar-refractivity contribution is 5.90. The van der Waals surface area contributed by atoms with E-state index in [1.165, 1.54) is 18.2 Å². The molecule has 0 unspecified atom stereocenters. The van der Waals surface area contributed by atoms with E-state index in [2.05, 4.69) is 10.7 Å².